The number of carbonyl (C=O) groups is 3. The summed E-state index contributed by atoms with van der Waals surface area (Å²) in [5.74, 6) is -1.82. The fourth-order valence-electron chi connectivity index (χ4n) is 3.72. The molecule has 0 saturated carbocycles. The molecule has 30 heavy (non-hydrogen) atoms. The number of nitrogens with two attached hydrogens (primary N) is 1. The standard InChI is InChI=1S/C20H21N7O3/c1-12-2-4-16(13-3-5-17-25-23-11-26(17)10-13)27(9-12)20(30)19(29)24-15-6-14(18(21)28)7-22-8-15/h3,5-8,10-12,16H,2,4,9H2,1H3,(H2,21,28)(H,24,29)/t12-,16+/m0/s1. The third-order valence-corrected chi connectivity index (χ3v) is 5.25. The summed E-state index contributed by atoms with van der Waals surface area (Å²) in [6, 6.07) is 4.89. The second-order valence-electron chi connectivity index (χ2n) is 7.50. The Balaban J connectivity index is 1.56. The molecular weight excluding hydrogens is 386 g/mol. The Labute approximate surface area is 172 Å². The summed E-state index contributed by atoms with van der Waals surface area (Å²) in [4.78, 5) is 42.5. The smallest absolute Gasteiger partial charge is 0.313 e. The lowest BCUT2D eigenvalue weighted by Gasteiger charge is -2.38. The third kappa shape index (κ3) is 3.84. The van der Waals surface area contributed by atoms with E-state index in [1.54, 1.807) is 15.6 Å². The van der Waals surface area contributed by atoms with Gasteiger partial charge < -0.3 is 16.0 Å². The van der Waals surface area contributed by atoms with E-state index in [2.05, 4.69) is 27.4 Å². The summed E-state index contributed by atoms with van der Waals surface area (Å²) in [6.07, 6.45) is 7.82. The topological polar surface area (TPSA) is 136 Å². The van der Waals surface area contributed by atoms with Crippen LogP contribution in [0, 0.1) is 5.92 Å². The number of piperidine rings is 1. The molecule has 0 unspecified atom stereocenters. The van der Waals surface area contributed by atoms with Gasteiger partial charge >= 0.3 is 11.8 Å². The first-order chi connectivity index (χ1) is 14.4. The number of fused-ring (bicyclic) bond motifs is 1. The first kappa shape index (κ1) is 19.5. The van der Waals surface area contributed by atoms with E-state index in [1.165, 1.54) is 18.5 Å². The molecule has 0 aromatic carbocycles. The van der Waals surface area contributed by atoms with Crippen molar-refractivity contribution >= 4 is 29.1 Å². The van der Waals surface area contributed by atoms with Gasteiger partial charge in [-0.3, -0.25) is 23.8 Å². The number of likely N-dealkylation sites (tertiary alicyclic amines) is 1. The van der Waals surface area contributed by atoms with E-state index in [-0.39, 0.29) is 23.2 Å². The minimum atomic E-state index is -0.789. The van der Waals surface area contributed by atoms with Crippen LogP contribution in [-0.2, 0) is 9.59 Å². The summed E-state index contributed by atoms with van der Waals surface area (Å²) in [6.45, 7) is 2.52. The van der Waals surface area contributed by atoms with Gasteiger partial charge in [0.15, 0.2) is 5.65 Å². The fraction of sp³-hybridized carbons (Fsp3) is 0.300. The van der Waals surface area contributed by atoms with Gasteiger partial charge in [0.1, 0.15) is 6.33 Å². The van der Waals surface area contributed by atoms with Crippen LogP contribution in [0.15, 0.2) is 43.1 Å². The molecule has 10 heteroatoms. The maximum Gasteiger partial charge on any atom is 0.313 e. The molecule has 154 valence electrons. The molecule has 3 N–H and O–H groups in total. The number of amides is 3. The number of nitrogens with one attached hydrogen (secondary N) is 1. The molecule has 0 bridgehead atoms. The van der Waals surface area contributed by atoms with Crippen LogP contribution in [-0.4, -0.2) is 48.7 Å². The number of carbonyl (C=O) groups excluding carboxylic acids is 3. The molecule has 4 heterocycles. The number of anilines is 1. The maximum atomic E-state index is 13.0. The van der Waals surface area contributed by atoms with Crippen molar-refractivity contribution in [1.82, 2.24) is 24.5 Å². The molecular formula is C20H21N7O3. The Morgan fingerprint density at radius 1 is 1.20 bits per heavy atom. The van der Waals surface area contributed by atoms with Crippen molar-refractivity contribution in [3.63, 3.8) is 0 Å². The minimum absolute atomic E-state index is 0.145. The van der Waals surface area contributed by atoms with E-state index < -0.39 is 17.7 Å². The Morgan fingerprint density at radius 2 is 2.03 bits per heavy atom. The molecule has 0 radical (unpaired) electrons. The average molecular weight is 407 g/mol. The maximum absolute atomic E-state index is 13.0. The van der Waals surface area contributed by atoms with E-state index in [0.29, 0.717) is 12.2 Å². The van der Waals surface area contributed by atoms with Gasteiger partial charge in [0.25, 0.3) is 0 Å². The van der Waals surface area contributed by atoms with E-state index in [1.807, 2.05) is 18.3 Å². The molecule has 4 rings (SSSR count). The van der Waals surface area contributed by atoms with Crippen LogP contribution in [0.1, 0.15) is 41.7 Å². The quantitative estimate of drug-likeness (QED) is 0.626. The van der Waals surface area contributed by atoms with Crippen molar-refractivity contribution in [2.45, 2.75) is 25.8 Å². The van der Waals surface area contributed by atoms with Crippen molar-refractivity contribution in [3.8, 4) is 0 Å². The summed E-state index contributed by atoms with van der Waals surface area (Å²) in [5, 5.41) is 10.4. The van der Waals surface area contributed by atoms with E-state index in [0.717, 1.165) is 18.4 Å². The lowest BCUT2D eigenvalue weighted by atomic mass is 9.90. The molecule has 3 amide bonds. The second kappa shape index (κ2) is 7.90. The predicted molar refractivity (Wildman–Crippen MR) is 107 cm³/mol. The van der Waals surface area contributed by atoms with Gasteiger partial charge in [0.2, 0.25) is 5.91 Å². The van der Waals surface area contributed by atoms with Gasteiger partial charge in [-0.15, -0.1) is 10.2 Å². The van der Waals surface area contributed by atoms with Gasteiger partial charge in [0, 0.05) is 18.9 Å². The van der Waals surface area contributed by atoms with Gasteiger partial charge in [0.05, 0.1) is 23.5 Å². The molecule has 1 saturated heterocycles. The zero-order chi connectivity index (χ0) is 21.3. The molecule has 0 aliphatic carbocycles. The number of aromatic nitrogens is 4. The van der Waals surface area contributed by atoms with E-state index >= 15 is 0 Å². The molecule has 3 aromatic heterocycles. The van der Waals surface area contributed by atoms with Gasteiger partial charge in [-0.1, -0.05) is 13.0 Å². The Bertz CT molecular complexity index is 1130. The zero-order valence-corrected chi connectivity index (χ0v) is 16.4. The van der Waals surface area contributed by atoms with E-state index in [4.69, 9.17) is 5.73 Å². The molecule has 1 fully saturated rings. The SMILES string of the molecule is C[C@H]1CC[C@H](c2ccc3nncn3c2)N(C(=O)C(=O)Nc2cncc(C(N)=O)c2)C1. The largest absolute Gasteiger partial charge is 0.366 e. The fourth-order valence-corrected chi connectivity index (χ4v) is 3.72. The Hall–Kier alpha value is -3.82. The van der Waals surface area contributed by atoms with Crippen LogP contribution < -0.4 is 11.1 Å². The number of hydrogen-bond donors (Lipinski definition) is 2. The lowest BCUT2D eigenvalue weighted by molar-refractivity contribution is -0.146. The second-order valence-corrected chi connectivity index (χ2v) is 7.50. The minimum Gasteiger partial charge on any atom is -0.366 e. The zero-order valence-electron chi connectivity index (χ0n) is 16.4. The van der Waals surface area contributed by atoms with Crippen LogP contribution in [0.3, 0.4) is 0 Å². The van der Waals surface area contributed by atoms with Crippen LogP contribution in [0.5, 0.6) is 0 Å². The molecule has 3 aromatic rings. The molecule has 10 nitrogen and oxygen atoms in total. The number of pyridine rings is 2. The summed E-state index contributed by atoms with van der Waals surface area (Å²) in [7, 11) is 0. The van der Waals surface area contributed by atoms with Crippen molar-refractivity contribution in [1.29, 1.82) is 0 Å². The monoisotopic (exact) mass is 407 g/mol. The van der Waals surface area contributed by atoms with Crippen molar-refractivity contribution in [2.75, 3.05) is 11.9 Å². The summed E-state index contributed by atoms with van der Waals surface area (Å²) >= 11 is 0. The molecule has 2 atom stereocenters. The van der Waals surface area contributed by atoms with E-state index in [9.17, 15) is 14.4 Å². The van der Waals surface area contributed by atoms with Gasteiger partial charge in [-0.25, -0.2) is 0 Å². The molecule has 0 spiro atoms. The number of hydrogen-bond acceptors (Lipinski definition) is 6. The first-order valence-corrected chi connectivity index (χ1v) is 9.58. The number of nitrogens with zero attached hydrogens (tertiary/aromatic N) is 5. The van der Waals surface area contributed by atoms with Crippen molar-refractivity contribution in [2.24, 2.45) is 11.7 Å². The Kier molecular flexibility index (Phi) is 5.13. The van der Waals surface area contributed by atoms with Crippen molar-refractivity contribution in [3.05, 3.63) is 54.2 Å². The van der Waals surface area contributed by atoms with Crippen LogP contribution in [0.4, 0.5) is 5.69 Å². The van der Waals surface area contributed by atoms with Gasteiger partial charge in [-0.2, -0.15) is 0 Å². The summed E-state index contributed by atoms with van der Waals surface area (Å²) < 4.78 is 1.79. The number of rotatable bonds is 3. The average Bonchev–Trinajstić information content (AvgIpc) is 3.21. The molecule has 1 aliphatic rings. The van der Waals surface area contributed by atoms with Crippen LogP contribution >= 0.6 is 0 Å². The normalized spacial score (nSPS) is 18.9. The third-order valence-electron chi connectivity index (χ3n) is 5.25. The highest BCUT2D eigenvalue weighted by atomic mass is 16.2. The van der Waals surface area contributed by atoms with Crippen LogP contribution in [0.25, 0.3) is 5.65 Å². The first-order valence-electron chi connectivity index (χ1n) is 9.58. The van der Waals surface area contributed by atoms with Crippen LogP contribution in [0.2, 0.25) is 0 Å². The highest BCUT2D eigenvalue weighted by Gasteiger charge is 2.34. The predicted octanol–water partition coefficient (Wildman–Crippen LogP) is 1.16. The lowest BCUT2D eigenvalue weighted by Crippen LogP contribution is -2.46. The highest BCUT2D eigenvalue weighted by Crippen LogP contribution is 2.33. The number of primary amides is 1. The summed E-state index contributed by atoms with van der Waals surface area (Å²) in [5.41, 5.74) is 7.24. The van der Waals surface area contributed by atoms with Gasteiger partial charge in [-0.05, 0) is 36.5 Å². The Morgan fingerprint density at radius 3 is 2.83 bits per heavy atom. The molecule has 1 aliphatic heterocycles. The highest BCUT2D eigenvalue weighted by molar-refractivity contribution is 6.39. The van der Waals surface area contributed by atoms with Crippen molar-refractivity contribution < 1.29 is 14.4 Å².